The Morgan fingerprint density at radius 3 is 2.90 bits per heavy atom. The van der Waals surface area contributed by atoms with Crippen LogP contribution in [0.25, 0.3) is 0 Å². The Bertz CT molecular complexity index is 524. The molecule has 108 valence electrons. The number of ketones is 1. The van der Waals surface area contributed by atoms with E-state index in [-0.39, 0.29) is 17.3 Å². The van der Waals surface area contributed by atoms with Gasteiger partial charge in [-0.2, -0.15) is 0 Å². The summed E-state index contributed by atoms with van der Waals surface area (Å²) in [4.78, 5) is 12.7. The number of benzene rings is 1. The molecule has 0 aromatic heterocycles. The normalized spacial score (nSPS) is 29.8. The van der Waals surface area contributed by atoms with E-state index in [2.05, 4.69) is 0 Å². The van der Waals surface area contributed by atoms with E-state index in [0.29, 0.717) is 41.9 Å². The zero-order valence-electron chi connectivity index (χ0n) is 11.0. The van der Waals surface area contributed by atoms with E-state index in [1.54, 1.807) is 18.2 Å². The average Bonchev–Trinajstić information content (AvgIpc) is 2.88. The lowest BCUT2D eigenvalue weighted by atomic mass is 9.81. The highest BCUT2D eigenvalue weighted by Crippen LogP contribution is 2.38. The molecular formula is C15H16Cl2O3. The third-order valence-corrected chi connectivity index (χ3v) is 4.69. The maximum absolute atomic E-state index is 12.7. The fourth-order valence-electron chi connectivity index (χ4n) is 3.02. The largest absolute Gasteiger partial charge is 0.378 e. The molecule has 0 N–H and O–H groups in total. The van der Waals surface area contributed by atoms with E-state index in [1.165, 1.54) is 0 Å². The Morgan fingerprint density at radius 1 is 1.30 bits per heavy atom. The Kier molecular flexibility index (Phi) is 4.04. The molecule has 1 aromatic rings. The highest BCUT2D eigenvalue weighted by Gasteiger charge is 2.43. The van der Waals surface area contributed by atoms with Gasteiger partial charge in [0.15, 0.2) is 5.78 Å². The van der Waals surface area contributed by atoms with Gasteiger partial charge in [-0.1, -0.05) is 23.2 Å². The SMILES string of the molecule is O=C(c1cc(Cl)ccc1Cl)C1CCOC2(CCOC2)C1. The second-order valence-electron chi connectivity index (χ2n) is 5.51. The predicted octanol–water partition coefficient (Wildman–Crippen LogP) is 3.76. The van der Waals surface area contributed by atoms with Crippen LogP contribution in [0.2, 0.25) is 10.0 Å². The minimum atomic E-state index is -0.274. The highest BCUT2D eigenvalue weighted by molar-refractivity contribution is 6.36. The van der Waals surface area contributed by atoms with Gasteiger partial charge in [-0.3, -0.25) is 4.79 Å². The summed E-state index contributed by atoms with van der Waals surface area (Å²) in [7, 11) is 0. The van der Waals surface area contributed by atoms with Crippen LogP contribution in [0.1, 0.15) is 29.6 Å². The van der Waals surface area contributed by atoms with E-state index >= 15 is 0 Å². The first-order chi connectivity index (χ1) is 9.60. The van der Waals surface area contributed by atoms with Crippen molar-refractivity contribution in [3.63, 3.8) is 0 Å². The molecule has 2 heterocycles. The molecule has 1 spiro atoms. The molecule has 20 heavy (non-hydrogen) atoms. The van der Waals surface area contributed by atoms with E-state index in [4.69, 9.17) is 32.7 Å². The third-order valence-electron chi connectivity index (χ3n) is 4.12. The third kappa shape index (κ3) is 2.73. The van der Waals surface area contributed by atoms with Gasteiger partial charge in [0, 0.05) is 36.1 Å². The molecule has 2 aliphatic heterocycles. The molecule has 0 amide bonds. The van der Waals surface area contributed by atoms with Crippen molar-refractivity contribution in [2.75, 3.05) is 19.8 Å². The van der Waals surface area contributed by atoms with Crippen LogP contribution >= 0.6 is 23.2 Å². The summed E-state index contributed by atoms with van der Waals surface area (Å²) in [5.74, 6) is -0.00603. The fraction of sp³-hybridized carbons (Fsp3) is 0.533. The Balaban J connectivity index is 1.81. The van der Waals surface area contributed by atoms with Gasteiger partial charge in [-0.15, -0.1) is 0 Å². The van der Waals surface area contributed by atoms with E-state index in [1.807, 2.05) is 0 Å². The molecule has 2 saturated heterocycles. The zero-order chi connectivity index (χ0) is 14.2. The van der Waals surface area contributed by atoms with Crippen LogP contribution in [-0.2, 0) is 9.47 Å². The van der Waals surface area contributed by atoms with E-state index in [9.17, 15) is 4.79 Å². The number of rotatable bonds is 2. The van der Waals surface area contributed by atoms with Crippen molar-refractivity contribution in [3.8, 4) is 0 Å². The lowest BCUT2D eigenvalue weighted by Crippen LogP contribution is -2.42. The summed E-state index contributed by atoms with van der Waals surface area (Å²) in [6.45, 7) is 1.89. The lowest BCUT2D eigenvalue weighted by Gasteiger charge is -2.36. The number of hydrogen-bond acceptors (Lipinski definition) is 3. The molecule has 0 bridgehead atoms. The molecular weight excluding hydrogens is 299 g/mol. The van der Waals surface area contributed by atoms with Crippen LogP contribution in [0, 0.1) is 5.92 Å². The first kappa shape index (κ1) is 14.3. The number of Topliss-reactive ketones (excluding diaryl/α,β-unsaturated/α-hetero) is 1. The van der Waals surface area contributed by atoms with Crippen LogP contribution in [-0.4, -0.2) is 31.2 Å². The summed E-state index contributed by atoms with van der Waals surface area (Å²) in [5.41, 5.74) is 0.240. The molecule has 2 aliphatic rings. The molecule has 3 rings (SSSR count). The summed E-state index contributed by atoms with van der Waals surface area (Å²) < 4.78 is 11.3. The van der Waals surface area contributed by atoms with Gasteiger partial charge in [0.25, 0.3) is 0 Å². The van der Waals surface area contributed by atoms with Gasteiger partial charge in [-0.25, -0.2) is 0 Å². The minimum Gasteiger partial charge on any atom is -0.378 e. The number of ether oxygens (including phenoxy) is 2. The summed E-state index contributed by atoms with van der Waals surface area (Å²) in [6.07, 6.45) is 2.29. The fourth-order valence-corrected chi connectivity index (χ4v) is 3.40. The smallest absolute Gasteiger partial charge is 0.167 e. The first-order valence-electron chi connectivity index (χ1n) is 6.81. The van der Waals surface area contributed by atoms with Crippen molar-refractivity contribution < 1.29 is 14.3 Å². The van der Waals surface area contributed by atoms with Crippen LogP contribution in [0.3, 0.4) is 0 Å². The lowest BCUT2D eigenvalue weighted by molar-refractivity contribution is -0.0920. The van der Waals surface area contributed by atoms with Crippen LogP contribution in [0.4, 0.5) is 0 Å². The maximum atomic E-state index is 12.7. The quantitative estimate of drug-likeness (QED) is 0.780. The van der Waals surface area contributed by atoms with Crippen molar-refractivity contribution in [2.45, 2.75) is 24.9 Å². The van der Waals surface area contributed by atoms with Gasteiger partial charge in [0.05, 0.1) is 17.2 Å². The minimum absolute atomic E-state index is 0.0621. The molecule has 2 atom stereocenters. The van der Waals surface area contributed by atoms with E-state index < -0.39 is 0 Å². The molecule has 0 aliphatic carbocycles. The topological polar surface area (TPSA) is 35.5 Å². The number of hydrogen-bond donors (Lipinski definition) is 0. The van der Waals surface area contributed by atoms with Gasteiger partial charge in [0.1, 0.15) is 0 Å². The zero-order valence-corrected chi connectivity index (χ0v) is 12.5. The number of halogens is 2. The van der Waals surface area contributed by atoms with Gasteiger partial charge < -0.3 is 9.47 Å². The molecule has 3 nitrogen and oxygen atoms in total. The molecule has 1 aromatic carbocycles. The van der Waals surface area contributed by atoms with Crippen LogP contribution < -0.4 is 0 Å². The van der Waals surface area contributed by atoms with Crippen molar-refractivity contribution in [3.05, 3.63) is 33.8 Å². The molecule has 0 saturated carbocycles. The Labute approximate surface area is 128 Å². The van der Waals surface area contributed by atoms with Gasteiger partial charge in [0.2, 0.25) is 0 Å². The molecule has 0 radical (unpaired) electrons. The number of carbonyl (C=O) groups excluding carboxylic acids is 1. The van der Waals surface area contributed by atoms with Crippen LogP contribution in [0.5, 0.6) is 0 Å². The summed E-state index contributed by atoms with van der Waals surface area (Å²) >= 11 is 12.1. The Hall–Kier alpha value is -0.610. The Morgan fingerprint density at radius 2 is 2.15 bits per heavy atom. The predicted molar refractivity (Wildman–Crippen MR) is 77.6 cm³/mol. The summed E-state index contributed by atoms with van der Waals surface area (Å²) in [5, 5.41) is 0.992. The monoisotopic (exact) mass is 314 g/mol. The second kappa shape index (κ2) is 5.64. The molecule has 2 unspecified atom stereocenters. The van der Waals surface area contributed by atoms with Crippen molar-refractivity contribution in [1.29, 1.82) is 0 Å². The maximum Gasteiger partial charge on any atom is 0.167 e. The van der Waals surface area contributed by atoms with Crippen molar-refractivity contribution >= 4 is 29.0 Å². The second-order valence-corrected chi connectivity index (χ2v) is 6.36. The summed E-state index contributed by atoms with van der Waals surface area (Å²) in [6, 6.07) is 5.02. The van der Waals surface area contributed by atoms with Gasteiger partial charge in [-0.05, 0) is 31.0 Å². The van der Waals surface area contributed by atoms with Crippen LogP contribution in [0.15, 0.2) is 18.2 Å². The van der Waals surface area contributed by atoms with Crippen molar-refractivity contribution in [2.24, 2.45) is 5.92 Å². The van der Waals surface area contributed by atoms with Gasteiger partial charge >= 0.3 is 0 Å². The molecule has 5 heteroatoms. The highest BCUT2D eigenvalue weighted by atomic mass is 35.5. The van der Waals surface area contributed by atoms with E-state index in [0.717, 1.165) is 12.8 Å². The average molecular weight is 315 g/mol. The standard InChI is InChI=1S/C15H16Cl2O3/c16-11-1-2-13(17)12(7-11)14(18)10-3-5-20-15(8-10)4-6-19-9-15/h1-2,7,10H,3-6,8-9H2. The number of carbonyl (C=O) groups is 1. The molecule has 2 fully saturated rings. The van der Waals surface area contributed by atoms with Crippen molar-refractivity contribution in [1.82, 2.24) is 0 Å². The first-order valence-corrected chi connectivity index (χ1v) is 7.56.